The van der Waals surface area contributed by atoms with Crippen molar-refractivity contribution >= 4 is 13.7 Å². The molecule has 0 saturated carbocycles. The van der Waals surface area contributed by atoms with Crippen molar-refractivity contribution in [3.05, 3.63) is 12.2 Å². The van der Waals surface area contributed by atoms with Gasteiger partial charge in [0.1, 0.15) is 13.2 Å². The Labute approximate surface area is 182 Å². The van der Waals surface area contributed by atoms with Crippen molar-refractivity contribution in [3.63, 3.8) is 0 Å². The number of carbonyl (C=O) groups is 1. The average Bonchev–Trinajstić information content (AvgIpc) is 2.63. The number of aliphatic hydroxyl groups excluding tert-OH is 1. The van der Waals surface area contributed by atoms with Crippen LogP contribution in [0.1, 0.15) is 65.2 Å². The molecule has 0 saturated heterocycles. The Hall–Kier alpha value is -0.760. The molecule has 0 aromatic rings. The SMILES string of the molecule is CCCCC/C=C/[C@H](O)[C@H](COP(=O)(O)OCC[N+](C)(C)C)NC(=O)CCCCC. The van der Waals surface area contributed by atoms with E-state index in [4.69, 9.17) is 9.05 Å². The summed E-state index contributed by atoms with van der Waals surface area (Å²) in [6.45, 7) is 4.45. The number of carbonyl (C=O) groups excluding carboxylic acids is 1. The molecule has 0 heterocycles. The van der Waals surface area contributed by atoms with Crippen molar-refractivity contribution in [1.82, 2.24) is 5.32 Å². The van der Waals surface area contributed by atoms with Crippen LogP contribution in [0, 0.1) is 0 Å². The molecular formula is C21H44N2O6P+. The summed E-state index contributed by atoms with van der Waals surface area (Å²) in [6, 6.07) is -0.830. The van der Waals surface area contributed by atoms with Crippen molar-refractivity contribution in [1.29, 1.82) is 0 Å². The zero-order chi connectivity index (χ0) is 23.0. The Morgan fingerprint density at radius 2 is 1.73 bits per heavy atom. The number of likely N-dealkylation sites (N-methyl/N-ethyl adjacent to an activating group) is 1. The zero-order valence-electron chi connectivity index (χ0n) is 19.5. The first-order valence-corrected chi connectivity index (χ1v) is 12.6. The molecule has 9 heteroatoms. The molecule has 0 rings (SSSR count). The van der Waals surface area contributed by atoms with Gasteiger partial charge in [-0.2, -0.15) is 0 Å². The Balaban J connectivity index is 4.80. The van der Waals surface area contributed by atoms with Crippen molar-refractivity contribution in [3.8, 4) is 0 Å². The number of hydrogen-bond acceptors (Lipinski definition) is 5. The van der Waals surface area contributed by atoms with Gasteiger partial charge in [0, 0.05) is 6.42 Å². The fraction of sp³-hybridized carbons (Fsp3) is 0.857. The zero-order valence-corrected chi connectivity index (χ0v) is 20.4. The second kappa shape index (κ2) is 16.0. The lowest BCUT2D eigenvalue weighted by Crippen LogP contribution is -2.45. The van der Waals surface area contributed by atoms with E-state index < -0.39 is 20.0 Å². The van der Waals surface area contributed by atoms with Crippen LogP contribution in [-0.2, 0) is 18.4 Å². The molecule has 0 aromatic carbocycles. The molecule has 0 fully saturated rings. The molecule has 0 aliphatic rings. The molecule has 0 aromatic heterocycles. The van der Waals surface area contributed by atoms with E-state index >= 15 is 0 Å². The average molecular weight is 452 g/mol. The maximum atomic E-state index is 12.2. The van der Waals surface area contributed by atoms with Gasteiger partial charge >= 0.3 is 7.82 Å². The van der Waals surface area contributed by atoms with Crippen LogP contribution in [0.4, 0.5) is 0 Å². The van der Waals surface area contributed by atoms with Crippen LogP contribution in [0.3, 0.4) is 0 Å². The number of amides is 1. The number of allylic oxidation sites excluding steroid dienone is 1. The maximum absolute atomic E-state index is 12.2. The molecule has 1 amide bonds. The van der Waals surface area contributed by atoms with Gasteiger partial charge in [-0.25, -0.2) is 4.57 Å². The predicted molar refractivity (Wildman–Crippen MR) is 120 cm³/mol. The number of quaternary nitrogens is 1. The third kappa shape index (κ3) is 17.0. The van der Waals surface area contributed by atoms with Crippen LogP contribution in [0.2, 0.25) is 0 Å². The molecule has 8 nitrogen and oxygen atoms in total. The topological polar surface area (TPSA) is 105 Å². The minimum absolute atomic E-state index is 0.0607. The summed E-state index contributed by atoms with van der Waals surface area (Å²) in [4.78, 5) is 22.1. The molecule has 0 aliphatic carbocycles. The second-order valence-electron chi connectivity index (χ2n) is 8.66. The van der Waals surface area contributed by atoms with E-state index in [9.17, 15) is 19.4 Å². The van der Waals surface area contributed by atoms with E-state index in [0.717, 1.165) is 44.9 Å². The highest BCUT2D eigenvalue weighted by Crippen LogP contribution is 2.43. The summed E-state index contributed by atoms with van der Waals surface area (Å²) in [5.41, 5.74) is 0. The first kappa shape index (κ1) is 29.2. The molecule has 0 bridgehead atoms. The summed E-state index contributed by atoms with van der Waals surface area (Å²) >= 11 is 0. The van der Waals surface area contributed by atoms with E-state index in [-0.39, 0.29) is 19.1 Å². The van der Waals surface area contributed by atoms with E-state index in [2.05, 4.69) is 19.2 Å². The molecule has 1 unspecified atom stereocenters. The molecule has 0 radical (unpaired) electrons. The number of unbranched alkanes of at least 4 members (excludes halogenated alkanes) is 5. The third-order valence-corrected chi connectivity index (χ3v) is 5.49. The smallest absolute Gasteiger partial charge is 0.387 e. The highest BCUT2D eigenvalue weighted by atomic mass is 31.2. The lowest BCUT2D eigenvalue weighted by Gasteiger charge is -2.25. The van der Waals surface area contributed by atoms with Crippen LogP contribution in [-0.4, -0.2) is 73.4 Å². The Kier molecular flexibility index (Phi) is 15.6. The molecule has 3 N–H and O–H groups in total. The molecule has 30 heavy (non-hydrogen) atoms. The Bertz CT molecular complexity index is 536. The number of rotatable bonds is 18. The Morgan fingerprint density at radius 3 is 2.33 bits per heavy atom. The Morgan fingerprint density at radius 1 is 1.10 bits per heavy atom. The van der Waals surface area contributed by atoms with Crippen LogP contribution < -0.4 is 5.32 Å². The van der Waals surface area contributed by atoms with Gasteiger partial charge < -0.3 is 19.8 Å². The first-order valence-electron chi connectivity index (χ1n) is 11.1. The van der Waals surface area contributed by atoms with Crippen molar-refractivity contribution in [2.45, 2.75) is 77.4 Å². The van der Waals surface area contributed by atoms with Crippen molar-refractivity contribution < 1.29 is 32.9 Å². The normalized spacial score (nSPS) is 16.4. The van der Waals surface area contributed by atoms with E-state index in [1.807, 2.05) is 27.2 Å². The molecular weight excluding hydrogens is 407 g/mol. The van der Waals surface area contributed by atoms with Crippen LogP contribution in [0.25, 0.3) is 0 Å². The second-order valence-corrected chi connectivity index (χ2v) is 10.1. The standard InChI is InChI=1S/C21H43N2O6P/c1-6-8-10-11-13-14-20(24)19(22-21(25)15-12-9-7-2)18-29-30(26,27)28-17-16-23(3,4)5/h13-14,19-20,24H,6-12,15-18H2,1-5H3,(H-,22,25,26,27)/p+1/b14-13+/t19-,20-/m0/s1. The summed E-state index contributed by atoms with van der Waals surface area (Å²) in [7, 11) is 1.55. The van der Waals surface area contributed by atoms with Gasteiger partial charge in [-0.05, 0) is 19.3 Å². The minimum atomic E-state index is -4.28. The number of nitrogens with one attached hydrogen (secondary N) is 1. The van der Waals surface area contributed by atoms with Gasteiger partial charge in [-0.15, -0.1) is 0 Å². The van der Waals surface area contributed by atoms with Gasteiger partial charge in [0.15, 0.2) is 0 Å². The van der Waals surface area contributed by atoms with Gasteiger partial charge in [0.25, 0.3) is 0 Å². The van der Waals surface area contributed by atoms with Gasteiger partial charge in [0.2, 0.25) is 5.91 Å². The lowest BCUT2D eigenvalue weighted by molar-refractivity contribution is -0.870. The van der Waals surface area contributed by atoms with Gasteiger partial charge in [-0.3, -0.25) is 13.8 Å². The van der Waals surface area contributed by atoms with Crippen LogP contribution >= 0.6 is 7.82 Å². The highest BCUT2D eigenvalue weighted by Gasteiger charge is 2.27. The van der Waals surface area contributed by atoms with E-state index in [1.165, 1.54) is 0 Å². The number of aliphatic hydroxyl groups is 1. The monoisotopic (exact) mass is 451 g/mol. The lowest BCUT2D eigenvalue weighted by atomic mass is 10.1. The largest absolute Gasteiger partial charge is 0.472 e. The third-order valence-electron chi connectivity index (χ3n) is 4.51. The number of phosphoric ester groups is 1. The quantitative estimate of drug-likeness (QED) is 0.128. The maximum Gasteiger partial charge on any atom is 0.472 e. The number of phosphoric acid groups is 1. The predicted octanol–water partition coefficient (Wildman–Crippen LogP) is 3.39. The summed E-state index contributed by atoms with van der Waals surface area (Å²) in [5, 5.41) is 13.2. The fourth-order valence-electron chi connectivity index (χ4n) is 2.56. The molecule has 3 atom stereocenters. The number of hydrogen-bond donors (Lipinski definition) is 3. The highest BCUT2D eigenvalue weighted by molar-refractivity contribution is 7.47. The van der Waals surface area contributed by atoms with Crippen LogP contribution in [0.5, 0.6) is 0 Å². The van der Waals surface area contributed by atoms with E-state index in [0.29, 0.717) is 17.4 Å². The summed E-state index contributed by atoms with van der Waals surface area (Å²) in [6.07, 6.45) is 9.57. The molecule has 178 valence electrons. The number of nitrogens with zero attached hydrogens (tertiary/aromatic N) is 1. The first-order chi connectivity index (χ1) is 14.0. The van der Waals surface area contributed by atoms with Gasteiger partial charge in [-0.1, -0.05) is 51.7 Å². The van der Waals surface area contributed by atoms with Crippen LogP contribution in [0.15, 0.2) is 12.2 Å². The van der Waals surface area contributed by atoms with Crippen molar-refractivity contribution in [2.75, 3.05) is 40.9 Å². The fourth-order valence-corrected chi connectivity index (χ4v) is 3.30. The minimum Gasteiger partial charge on any atom is -0.387 e. The molecule has 0 spiro atoms. The molecule has 0 aliphatic heterocycles. The van der Waals surface area contributed by atoms with Gasteiger partial charge in [0.05, 0.1) is 39.9 Å². The summed E-state index contributed by atoms with van der Waals surface area (Å²) in [5.74, 6) is -0.214. The van der Waals surface area contributed by atoms with E-state index in [1.54, 1.807) is 6.08 Å². The summed E-state index contributed by atoms with van der Waals surface area (Å²) < 4.78 is 22.8. The van der Waals surface area contributed by atoms with Crippen molar-refractivity contribution in [2.24, 2.45) is 0 Å².